The molecule has 100 valence electrons. The second kappa shape index (κ2) is 5.35. The highest BCUT2D eigenvalue weighted by Crippen LogP contribution is 2.33. The van der Waals surface area contributed by atoms with Gasteiger partial charge in [0.15, 0.2) is 0 Å². The summed E-state index contributed by atoms with van der Waals surface area (Å²) in [5, 5.41) is 13.1. The lowest BCUT2D eigenvalue weighted by Gasteiger charge is -2.13. The summed E-state index contributed by atoms with van der Waals surface area (Å²) in [5.74, 6) is 0.380. The lowest BCUT2D eigenvalue weighted by molar-refractivity contribution is 0.474. The first-order valence-corrected chi connectivity index (χ1v) is 7.70. The minimum Gasteiger partial charge on any atom is -0.508 e. The van der Waals surface area contributed by atoms with Crippen LogP contribution in [0.4, 0.5) is 0 Å². The Morgan fingerprint density at radius 1 is 1.26 bits per heavy atom. The molecular formula is C16H19NOS. The summed E-state index contributed by atoms with van der Waals surface area (Å²) in [6.07, 6.45) is 3.31. The van der Waals surface area contributed by atoms with Crippen molar-refractivity contribution in [1.29, 1.82) is 0 Å². The standard InChI is InChI=1S/C16H19NOS/c1-2-13-5-6-14(19-13)10-17-16-8-3-11-9-12(18)4-7-15(11)16/h4-7,9,16-18H,2-3,8,10H2,1H3. The normalized spacial score (nSPS) is 17.6. The number of benzene rings is 1. The third-order valence-electron chi connectivity index (χ3n) is 3.79. The van der Waals surface area contributed by atoms with Crippen molar-refractivity contribution in [2.75, 3.05) is 0 Å². The van der Waals surface area contributed by atoms with Gasteiger partial charge in [0.05, 0.1) is 0 Å². The average Bonchev–Trinajstić information content (AvgIpc) is 3.02. The van der Waals surface area contributed by atoms with Crippen LogP contribution < -0.4 is 5.32 Å². The van der Waals surface area contributed by atoms with E-state index < -0.39 is 0 Å². The van der Waals surface area contributed by atoms with Gasteiger partial charge in [-0.1, -0.05) is 13.0 Å². The maximum Gasteiger partial charge on any atom is 0.115 e. The Balaban J connectivity index is 1.66. The van der Waals surface area contributed by atoms with Gasteiger partial charge in [-0.25, -0.2) is 0 Å². The SMILES string of the molecule is CCc1ccc(CNC2CCc3cc(O)ccc32)s1. The van der Waals surface area contributed by atoms with E-state index in [4.69, 9.17) is 0 Å². The molecule has 2 N–H and O–H groups in total. The number of thiophene rings is 1. The fraction of sp³-hybridized carbons (Fsp3) is 0.375. The van der Waals surface area contributed by atoms with Crippen molar-refractivity contribution in [3.05, 3.63) is 51.2 Å². The van der Waals surface area contributed by atoms with E-state index in [0.717, 1.165) is 25.8 Å². The average molecular weight is 273 g/mol. The molecule has 2 nitrogen and oxygen atoms in total. The molecule has 1 aromatic heterocycles. The van der Waals surface area contributed by atoms with Gasteiger partial charge >= 0.3 is 0 Å². The van der Waals surface area contributed by atoms with Crippen molar-refractivity contribution in [2.24, 2.45) is 0 Å². The Morgan fingerprint density at radius 2 is 2.11 bits per heavy atom. The molecule has 0 fully saturated rings. The van der Waals surface area contributed by atoms with Gasteiger partial charge < -0.3 is 10.4 Å². The Morgan fingerprint density at radius 3 is 2.89 bits per heavy atom. The minimum atomic E-state index is 0.380. The lowest BCUT2D eigenvalue weighted by Crippen LogP contribution is -2.17. The molecule has 0 spiro atoms. The number of hydrogen-bond donors (Lipinski definition) is 2. The smallest absolute Gasteiger partial charge is 0.115 e. The Kier molecular flexibility index (Phi) is 3.58. The second-order valence-electron chi connectivity index (χ2n) is 5.08. The van der Waals surface area contributed by atoms with Gasteiger partial charge in [0.25, 0.3) is 0 Å². The zero-order valence-corrected chi connectivity index (χ0v) is 12.0. The summed E-state index contributed by atoms with van der Waals surface area (Å²) in [4.78, 5) is 2.86. The summed E-state index contributed by atoms with van der Waals surface area (Å²) < 4.78 is 0. The van der Waals surface area contributed by atoms with E-state index >= 15 is 0 Å². The number of aryl methyl sites for hydroxylation is 2. The zero-order valence-electron chi connectivity index (χ0n) is 11.1. The molecule has 2 aromatic rings. The first-order chi connectivity index (χ1) is 9.26. The molecule has 1 unspecified atom stereocenters. The van der Waals surface area contributed by atoms with Crippen LogP contribution in [0.3, 0.4) is 0 Å². The highest BCUT2D eigenvalue weighted by molar-refractivity contribution is 7.11. The van der Waals surface area contributed by atoms with E-state index in [0.29, 0.717) is 11.8 Å². The maximum atomic E-state index is 9.50. The molecule has 1 aliphatic rings. The monoisotopic (exact) mass is 273 g/mol. The van der Waals surface area contributed by atoms with Crippen LogP contribution in [0.5, 0.6) is 5.75 Å². The number of fused-ring (bicyclic) bond motifs is 1. The van der Waals surface area contributed by atoms with Crippen molar-refractivity contribution < 1.29 is 5.11 Å². The third kappa shape index (κ3) is 2.67. The topological polar surface area (TPSA) is 32.3 Å². The molecule has 1 aromatic carbocycles. The molecule has 1 heterocycles. The molecule has 0 amide bonds. The fourth-order valence-electron chi connectivity index (χ4n) is 2.75. The van der Waals surface area contributed by atoms with Crippen LogP contribution in [-0.2, 0) is 19.4 Å². The van der Waals surface area contributed by atoms with Crippen LogP contribution >= 0.6 is 11.3 Å². The van der Waals surface area contributed by atoms with Crippen molar-refractivity contribution in [3.63, 3.8) is 0 Å². The highest BCUT2D eigenvalue weighted by atomic mass is 32.1. The van der Waals surface area contributed by atoms with Gasteiger partial charge in [0.2, 0.25) is 0 Å². The Labute approximate surface area is 118 Å². The van der Waals surface area contributed by atoms with E-state index in [2.05, 4.69) is 30.4 Å². The zero-order chi connectivity index (χ0) is 13.2. The largest absolute Gasteiger partial charge is 0.508 e. The predicted octanol–water partition coefficient (Wildman–Crippen LogP) is 3.79. The second-order valence-corrected chi connectivity index (χ2v) is 6.33. The summed E-state index contributed by atoms with van der Waals surface area (Å²) in [6.45, 7) is 3.14. The minimum absolute atomic E-state index is 0.380. The molecule has 0 bridgehead atoms. The van der Waals surface area contributed by atoms with Crippen molar-refractivity contribution >= 4 is 11.3 Å². The van der Waals surface area contributed by atoms with Crippen LogP contribution in [0, 0.1) is 0 Å². The first-order valence-electron chi connectivity index (χ1n) is 6.89. The molecule has 0 aliphatic heterocycles. The van der Waals surface area contributed by atoms with Crippen molar-refractivity contribution in [1.82, 2.24) is 5.32 Å². The first kappa shape index (κ1) is 12.7. The number of aromatic hydroxyl groups is 1. The van der Waals surface area contributed by atoms with Gasteiger partial charge in [-0.05, 0) is 54.7 Å². The molecule has 19 heavy (non-hydrogen) atoms. The van der Waals surface area contributed by atoms with Crippen LogP contribution in [0.15, 0.2) is 30.3 Å². The molecule has 0 radical (unpaired) electrons. The van der Waals surface area contributed by atoms with E-state index in [1.165, 1.54) is 20.9 Å². The molecule has 1 atom stereocenters. The summed E-state index contributed by atoms with van der Waals surface area (Å²) in [6, 6.07) is 10.6. The van der Waals surface area contributed by atoms with Crippen LogP contribution in [-0.4, -0.2) is 5.11 Å². The van der Waals surface area contributed by atoms with Gasteiger partial charge in [0, 0.05) is 22.3 Å². The molecule has 1 aliphatic carbocycles. The third-order valence-corrected chi connectivity index (χ3v) is 5.02. The van der Waals surface area contributed by atoms with Gasteiger partial charge in [-0.3, -0.25) is 0 Å². The van der Waals surface area contributed by atoms with Gasteiger partial charge in [-0.2, -0.15) is 0 Å². The van der Waals surface area contributed by atoms with Crippen LogP contribution in [0.25, 0.3) is 0 Å². The maximum absolute atomic E-state index is 9.50. The number of nitrogens with one attached hydrogen (secondary N) is 1. The van der Waals surface area contributed by atoms with Crippen molar-refractivity contribution in [2.45, 2.75) is 38.8 Å². The molecule has 0 saturated heterocycles. The number of hydrogen-bond acceptors (Lipinski definition) is 3. The lowest BCUT2D eigenvalue weighted by atomic mass is 10.1. The van der Waals surface area contributed by atoms with Crippen molar-refractivity contribution in [3.8, 4) is 5.75 Å². The molecule has 0 saturated carbocycles. The number of phenolic OH excluding ortho intramolecular Hbond substituents is 1. The summed E-state index contributed by atoms with van der Waals surface area (Å²) in [5.41, 5.74) is 2.64. The predicted molar refractivity (Wildman–Crippen MR) is 79.7 cm³/mol. The Bertz CT molecular complexity index is 576. The molecule has 3 rings (SSSR count). The van der Waals surface area contributed by atoms with Crippen LogP contribution in [0.2, 0.25) is 0 Å². The fourth-order valence-corrected chi connectivity index (χ4v) is 3.66. The van der Waals surface area contributed by atoms with E-state index in [9.17, 15) is 5.11 Å². The summed E-state index contributed by atoms with van der Waals surface area (Å²) >= 11 is 1.90. The number of rotatable bonds is 4. The Hall–Kier alpha value is -1.32. The van der Waals surface area contributed by atoms with Gasteiger partial charge in [-0.15, -0.1) is 11.3 Å². The van der Waals surface area contributed by atoms with Crippen LogP contribution in [0.1, 0.15) is 40.3 Å². The van der Waals surface area contributed by atoms with Gasteiger partial charge in [0.1, 0.15) is 5.75 Å². The summed E-state index contributed by atoms with van der Waals surface area (Å²) in [7, 11) is 0. The molecular weight excluding hydrogens is 254 g/mol. The van der Waals surface area contributed by atoms with E-state index in [1.807, 2.05) is 17.4 Å². The quantitative estimate of drug-likeness (QED) is 0.888. The highest BCUT2D eigenvalue weighted by Gasteiger charge is 2.22. The number of phenols is 1. The van der Waals surface area contributed by atoms with E-state index in [1.54, 1.807) is 6.07 Å². The van der Waals surface area contributed by atoms with E-state index in [-0.39, 0.29) is 0 Å². The molecule has 3 heteroatoms.